The third-order valence-electron chi connectivity index (χ3n) is 5.27. The molecule has 0 bridgehead atoms. The lowest BCUT2D eigenvalue weighted by Crippen LogP contribution is -2.52. The fourth-order valence-corrected chi connectivity index (χ4v) is 3.85. The summed E-state index contributed by atoms with van der Waals surface area (Å²) in [5, 5.41) is 2.35. The number of rotatable bonds is 9. The molecule has 0 unspecified atom stereocenters. The zero-order chi connectivity index (χ0) is 20.1. The van der Waals surface area contributed by atoms with Gasteiger partial charge >= 0.3 is 0 Å². The summed E-state index contributed by atoms with van der Waals surface area (Å²) >= 11 is 0. The van der Waals surface area contributed by atoms with Gasteiger partial charge in [-0.05, 0) is 50.9 Å². The van der Waals surface area contributed by atoms with Gasteiger partial charge in [-0.3, -0.25) is 14.4 Å². The Morgan fingerprint density at radius 3 is 2.29 bits per heavy atom. The Labute approximate surface area is 165 Å². The van der Waals surface area contributed by atoms with Crippen molar-refractivity contribution in [2.45, 2.75) is 45.1 Å². The number of carbonyl (C=O) groups excluding carboxylic acids is 3. The number of amides is 3. The number of carbonyl (C=O) groups is 3. The quantitative estimate of drug-likeness (QED) is 0.483. The van der Waals surface area contributed by atoms with E-state index in [9.17, 15) is 14.4 Å². The van der Waals surface area contributed by atoms with Crippen LogP contribution in [0.2, 0.25) is 0 Å². The molecule has 0 radical (unpaired) electrons. The van der Waals surface area contributed by atoms with E-state index in [1.807, 2.05) is 12.1 Å². The van der Waals surface area contributed by atoms with Crippen molar-refractivity contribution < 1.29 is 14.4 Å². The number of piperidine rings is 1. The Morgan fingerprint density at radius 1 is 0.929 bits per heavy atom. The van der Waals surface area contributed by atoms with Gasteiger partial charge in [-0.25, -0.2) is 5.01 Å². The monoisotopic (exact) mass is 387 g/mol. The first kappa shape index (κ1) is 20.3. The number of imide groups is 1. The number of hydrogen-bond acceptors (Lipinski definition) is 6. The molecule has 4 N–H and O–H groups in total. The Morgan fingerprint density at radius 2 is 1.61 bits per heavy atom. The lowest BCUT2D eigenvalue weighted by molar-refractivity contribution is -0.163. The van der Waals surface area contributed by atoms with Gasteiger partial charge in [0.1, 0.15) is 0 Å². The van der Waals surface area contributed by atoms with E-state index in [-0.39, 0.29) is 24.3 Å². The first-order valence-corrected chi connectivity index (χ1v) is 10.0. The Balaban J connectivity index is 1.87. The molecule has 1 aromatic rings. The van der Waals surface area contributed by atoms with Crippen LogP contribution in [0.25, 0.3) is 0 Å². The molecule has 2 heterocycles. The van der Waals surface area contributed by atoms with Crippen LogP contribution in [0.3, 0.4) is 0 Å². The summed E-state index contributed by atoms with van der Waals surface area (Å²) in [6.45, 7) is 3.07. The summed E-state index contributed by atoms with van der Waals surface area (Å²) in [6, 6.07) is 5.61. The van der Waals surface area contributed by atoms with Gasteiger partial charge < -0.3 is 16.4 Å². The van der Waals surface area contributed by atoms with Crippen molar-refractivity contribution in [2.75, 3.05) is 31.1 Å². The normalized spacial score (nSPS) is 16.7. The molecule has 0 spiro atoms. The van der Waals surface area contributed by atoms with Crippen LogP contribution >= 0.6 is 0 Å². The first-order valence-electron chi connectivity index (χ1n) is 10.0. The number of benzene rings is 1. The third kappa shape index (κ3) is 4.02. The van der Waals surface area contributed by atoms with Crippen LogP contribution < -0.4 is 16.4 Å². The highest BCUT2D eigenvalue weighted by molar-refractivity contribution is 6.05. The molecule has 1 fully saturated rings. The van der Waals surface area contributed by atoms with Gasteiger partial charge in [-0.15, -0.1) is 0 Å². The van der Waals surface area contributed by atoms with Gasteiger partial charge in [0.15, 0.2) is 0 Å². The van der Waals surface area contributed by atoms with E-state index in [1.165, 1.54) is 5.01 Å². The molecule has 1 aromatic carbocycles. The summed E-state index contributed by atoms with van der Waals surface area (Å²) in [7, 11) is 0. The van der Waals surface area contributed by atoms with E-state index in [0.29, 0.717) is 37.9 Å². The minimum absolute atomic E-state index is 0.234. The van der Waals surface area contributed by atoms with Crippen LogP contribution in [-0.4, -0.2) is 53.9 Å². The Bertz CT molecular complexity index is 735. The van der Waals surface area contributed by atoms with E-state index in [2.05, 4.69) is 4.90 Å². The highest BCUT2D eigenvalue weighted by Crippen LogP contribution is 2.34. The summed E-state index contributed by atoms with van der Waals surface area (Å²) in [5.74, 6) is -0.898. The fraction of sp³-hybridized carbons (Fsp3) is 0.550. The van der Waals surface area contributed by atoms with Gasteiger partial charge in [0.2, 0.25) is 11.8 Å². The molecule has 152 valence electrons. The van der Waals surface area contributed by atoms with Crippen LogP contribution in [0.5, 0.6) is 0 Å². The maximum Gasteiger partial charge on any atom is 0.273 e. The van der Waals surface area contributed by atoms with Crippen molar-refractivity contribution in [1.29, 1.82) is 0 Å². The average molecular weight is 387 g/mol. The highest BCUT2D eigenvalue weighted by Gasteiger charge is 2.40. The van der Waals surface area contributed by atoms with Gasteiger partial charge in [-0.2, -0.15) is 5.01 Å². The zero-order valence-electron chi connectivity index (χ0n) is 16.2. The van der Waals surface area contributed by atoms with Crippen LogP contribution in [0.15, 0.2) is 18.2 Å². The molecule has 3 rings (SSSR count). The molecule has 0 atom stereocenters. The van der Waals surface area contributed by atoms with Gasteiger partial charge in [0.05, 0.1) is 6.54 Å². The Hall–Kier alpha value is -2.45. The van der Waals surface area contributed by atoms with Crippen molar-refractivity contribution in [3.63, 3.8) is 0 Å². The lowest BCUT2D eigenvalue weighted by Gasteiger charge is -2.32. The summed E-state index contributed by atoms with van der Waals surface area (Å²) in [6.07, 6.45) is 3.85. The molecule has 28 heavy (non-hydrogen) atoms. The SMILES string of the molecule is NCCCCN(CCCN)c1cccc2c1CN(N1C(=O)CCCC1=O)C2=O. The second-order valence-electron chi connectivity index (χ2n) is 7.24. The standard InChI is InChI=1S/C20H29N5O3/c21-10-1-2-12-23(13-5-11-22)17-7-3-6-15-16(17)14-24(20(15)28)25-18(26)8-4-9-19(25)27/h3,6-7H,1-2,4-5,8-14,21-22H2. The molecule has 3 amide bonds. The number of nitrogens with zero attached hydrogens (tertiary/aromatic N) is 3. The molecule has 2 aliphatic rings. The topological polar surface area (TPSA) is 113 Å². The smallest absolute Gasteiger partial charge is 0.273 e. The number of fused-ring (bicyclic) bond motifs is 1. The van der Waals surface area contributed by atoms with Gasteiger partial charge in [0.25, 0.3) is 5.91 Å². The highest BCUT2D eigenvalue weighted by atomic mass is 16.2. The molecule has 0 aliphatic carbocycles. The van der Waals surface area contributed by atoms with Crippen molar-refractivity contribution in [3.05, 3.63) is 29.3 Å². The first-order chi connectivity index (χ1) is 13.6. The van der Waals surface area contributed by atoms with Gasteiger partial charge in [-0.1, -0.05) is 6.07 Å². The summed E-state index contributed by atoms with van der Waals surface area (Å²) < 4.78 is 0. The van der Waals surface area contributed by atoms with Crippen LogP contribution in [0, 0.1) is 0 Å². The molecule has 1 saturated heterocycles. The van der Waals surface area contributed by atoms with Crippen LogP contribution in [-0.2, 0) is 16.1 Å². The second-order valence-corrected chi connectivity index (χ2v) is 7.24. The van der Waals surface area contributed by atoms with Crippen molar-refractivity contribution in [3.8, 4) is 0 Å². The largest absolute Gasteiger partial charge is 0.371 e. The Kier molecular flexibility index (Phi) is 6.64. The number of nitrogens with two attached hydrogens (primary N) is 2. The maximum absolute atomic E-state index is 13.0. The summed E-state index contributed by atoms with van der Waals surface area (Å²) in [4.78, 5) is 39.8. The average Bonchev–Trinajstić information content (AvgIpc) is 3.01. The van der Waals surface area contributed by atoms with E-state index in [0.717, 1.165) is 48.6 Å². The zero-order valence-corrected chi connectivity index (χ0v) is 16.2. The maximum atomic E-state index is 13.0. The minimum atomic E-state index is -0.304. The molecule has 0 saturated carbocycles. The van der Waals surface area contributed by atoms with Crippen molar-refractivity contribution in [1.82, 2.24) is 10.0 Å². The number of hydrazine groups is 1. The van der Waals surface area contributed by atoms with E-state index < -0.39 is 0 Å². The van der Waals surface area contributed by atoms with E-state index >= 15 is 0 Å². The predicted molar refractivity (Wildman–Crippen MR) is 106 cm³/mol. The molecule has 0 aromatic heterocycles. The van der Waals surface area contributed by atoms with E-state index in [1.54, 1.807) is 6.07 Å². The number of unbranched alkanes of at least 4 members (excludes halogenated alkanes) is 1. The summed E-state index contributed by atoms with van der Waals surface area (Å²) in [5.41, 5.74) is 13.7. The van der Waals surface area contributed by atoms with Crippen LogP contribution in [0.4, 0.5) is 5.69 Å². The minimum Gasteiger partial charge on any atom is -0.371 e. The molecular formula is C20H29N5O3. The molecular weight excluding hydrogens is 358 g/mol. The molecule has 8 heteroatoms. The fourth-order valence-electron chi connectivity index (χ4n) is 3.85. The van der Waals surface area contributed by atoms with Gasteiger partial charge in [0, 0.05) is 42.7 Å². The lowest BCUT2D eigenvalue weighted by atomic mass is 10.1. The van der Waals surface area contributed by atoms with Crippen molar-refractivity contribution >= 4 is 23.4 Å². The second kappa shape index (κ2) is 9.16. The molecule has 2 aliphatic heterocycles. The molecule has 8 nitrogen and oxygen atoms in total. The van der Waals surface area contributed by atoms with Crippen molar-refractivity contribution in [2.24, 2.45) is 11.5 Å². The van der Waals surface area contributed by atoms with Crippen LogP contribution in [0.1, 0.15) is 54.4 Å². The number of anilines is 1. The predicted octanol–water partition coefficient (Wildman–Crippen LogP) is 0.991. The van der Waals surface area contributed by atoms with E-state index in [4.69, 9.17) is 11.5 Å². The third-order valence-corrected chi connectivity index (χ3v) is 5.27. The number of hydrogen-bond donors (Lipinski definition) is 2.